The molecule has 0 aromatic heterocycles. The fourth-order valence-electron chi connectivity index (χ4n) is 2.89. The molecule has 0 radical (unpaired) electrons. The van der Waals surface area contributed by atoms with E-state index in [9.17, 15) is 0 Å². The second kappa shape index (κ2) is 6.95. The van der Waals surface area contributed by atoms with Crippen LogP contribution in [0.15, 0.2) is 36.4 Å². The standard InChI is InChI=1S/C19H25NO/c1-2-12-20-13-18-17-9-4-3-8-16(17)10-11-19(18)21-14-15-6-5-7-15/h3-4,8-11,15,20H,2,5-7,12-14H2,1H3. The third-order valence-electron chi connectivity index (χ3n) is 4.43. The molecule has 0 spiro atoms. The van der Waals surface area contributed by atoms with Gasteiger partial charge in [-0.05, 0) is 48.6 Å². The van der Waals surface area contributed by atoms with Crippen LogP contribution in [0.25, 0.3) is 10.8 Å². The Morgan fingerprint density at radius 3 is 2.76 bits per heavy atom. The maximum absolute atomic E-state index is 6.14. The molecule has 2 heteroatoms. The molecule has 1 N–H and O–H groups in total. The summed E-state index contributed by atoms with van der Waals surface area (Å²) in [6.45, 7) is 5.00. The zero-order valence-electron chi connectivity index (χ0n) is 12.9. The average molecular weight is 283 g/mol. The molecule has 0 aliphatic heterocycles. The third kappa shape index (κ3) is 3.38. The molecular weight excluding hydrogens is 258 g/mol. The van der Waals surface area contributed by atoms with Crippen molar-refractivity contribution in [3.05, 3.63) is 42.0 Å². The zero-order chi connectivity index (χ0) is 14.5. The molecule has 0 heterocycles. The summed E-state index contributed by atoms with van der Waals surface area (Å²) in [6.07, 6.45) is 5.19. The fourth-order valence-corrected chi connectivity index (χ4v) is 2.89. The van der Waals surface area contributed by atoms with Crippen LogP contribution in [0.3, 0.4) is 0 Å². The van der Waals surface area contributed by atoms with E-state index in [1.54, 1.807) is 0 Å². The molecule has 0 atom stereocenters. The highest BCUT2D eigenvalue weighted by Gasteiger charge is 2.18. The Kier molecular flexibility index (Phi) is 4.76. The second-order valence-corrected chi connectivity index (χ2v) is 6.05. The van der Waals surface area contributed by atoms with Gasteiger partial charge in [-0.25, -0.2) is 0 Å². The number of nitrogens with one attached hydrogen (secondary N) is 1. The lowest BCUT2D eigenvalue weighted by Crippen LogP contribution is -2.20. The van der Waals surface area contributed by atoms with Crippen molar-refractivity contribution in [1.29, 1.82) is 0 Å². The summed E-state index contributed by atoms with van der Waals surface area (Å²) in [5.74, 6) is 1.83. The minimum Gasteiger partial charge on any atom is -0.493 e. The van der Waals surface area contributed by atoms with E-state index in [4.69, 9.17) is 4.74 Å². The van der Waals surface area contributed by atoms with Crippen molar-refractivity contribution in [2.45, 2.75) is 39.2 Å². The highest BCUT2D eigenvalue weighted by Crippen LogP contribution is 2.31. The minimum absolute atomic E-state index is 0.771. The maximum Gasteiger partial charge on any atom is 0.124 e. The van der Waals surface area contributed by atoms with Crippen molar-refractivity contribution < 1.29 is 4.74 Å². The fraction of sp³-hybridized carbons (Fsp3) is 0.474. The summed E-state index contributed by atoms with van der Waals surface area (Å²) in [5.41, 5.74) is 1.31. The van der Waals surface area contributed by atoms with E-state index < -0.39 is 0 Å². The van der Waals surface area contributed by atoms with E-state index in [2.05, 4.69) is 48.6 Å². The SMILES string of the molecule is CCCNCc1c(OCC2CCC2)ccc2ccccc12. The molecule has 3 rings (SSSR count). The van der Waals surface area contributed by atoms with Crippen LogP contribution in [0.5, 0.6) is 5.75 Å². The van der Waals surface area contributed by atoms with E-state index in [-0.39, 0.29) is 0 Å². The Hall–Kier alpha value is -1.54. The molecule has 1 aliphatic carbocycles. The number of rotatable bonds is 7. The van der Waals surface area contributed by atoms with Crippen LogP contribution >= 0.6 is 0 Å². The highest BCUT2D eigenvalue weighted by molar-refractivity contribution is 5.87. The largest absolute Gasteiger partial charge is 0.493 e. The Balaban J connectivity index is 1.83. The molecule has 1 fully saturated rings. The quantitative estimate of drug-likeness (QED) is 0.754. The number of fused-ring (bicyclic) bond motifs is 1. The minimum atomic E-state index is 0.771. The maximum atomic E-state index is 6.14. The highest BCUT2D eigenvalue weighted by atomic mass is 16.5. The summed E-state index contributed by atoms with van der Waals surface area (Å²) in [6, 6.07) is 12.9. The van der Waals surface area contributed by atoms with E-state index in [1.807, 2.05) is 0 Å². The van der Waals surface area contributed by atoms with Gasteiger partial charge in [0, 0.05) is 12.1 Å². The normalized spacial score (nSPS) is 15.1. The monoisotopic (exact) mass is 283 g/mol. The molecule has 2 aromatic carbocycles. The summed E-state index contributed by atoms with van der Waals surface area (Å²) >= 11 is 0. The smallest absolute Gasteiger partial charge is 0.124 e. The van der Waals surface area contributed by atoms with Gasteiger partial charge in [-0.1, -0.05) is 43.7 Å². The van der Waals surface area contributed by atoms with Crippen molar-refractivity contribution in [2.24, 2.45) is 5.92 Å². The molecule has 0 bridgehead atoms. The van der Waals surface area contributed by atoms with E-state index in [1.165, 1.54) is 35.6 Å². The molecule has 21 heavy (non-hydrogen) atoms. The van der Waals surface area contributed by atoms with Gasteiger partial charge in [0.2, 0.25) is 0 Å². The molecular formula is C19H25NO. The lowest BCUT2D eigenvalue weighted by atomic mass is 9.86. The van der Waals surface area contributed by atoms with E-state index in [0.29, 0.717) is 0 Å². The summed E-state index contributed by atoms with van der Waals surface area (Å²) in [7, 11) is 0. The third-order valence-corrected chi connectivity index (χ3v) is 4.43. The van der Waals surface area contributed by atoms with Gasteiger partial charge in [-0.2, -0.15) is 0 Å². The summed E-state index contributed by atoms with van der Waals surface area (Å²) in [5, 5.41) is 6.13. The second-order valence-electron chi connectivity index (χ2n) is 6.05. The molecule has 0 amide bonds. The molecule has 0 unspecified atom stereocenters. The first-order valence-electron chi connectivity index (χ1n) is 8.22. The number of hydrogen-bond acceptors (Lipinski definition) is 2. The predicted molar refractivity (Wildman–Crippen MR) is 88.8 cm³/mol. The molecule has 1 aliphatic rings. The Morgan fingerprint density at radius 1 is 1.14 bits per heavy atom. The molecule has 1 saturated carbocycles. The first-order chi connectivity index (χ1) is 10.4. The Morgan fingerprint density at radius 2 is 2.00 bits per heavy atom. The van der Waals surface area contributed by atoms with Crippen LogP contribution in [-0.2, 0) is 6.54 Å². The lowest BCUT2D eigenvalue weighted by molar-refractivity contribution is 0.179. The van der Waals surface area contributed by atoms with Crippen LogP contribution < -0.4 is 10.1 Å². The van der Waals surface area contributed by atoms with Crippen LogP contribution in [0, 0.1) is 5.92 Å². The number of ether oxygens (including phenoxy) is 1. The summed E-state index contributed by atoms with van der Waals surface area (Å²) < 4.78 is 6.14. The van der Waals surface area contributed by atoms with Gasteiger partial charge >= 0.3 is 0 Å². The Labute approximate surface area is 127 Å². The molecule has 0 saturated heterocycles. The topological polar surface area (TPSA) is 21.3 Å². The van der Waals surface area contributed by atoms with Crippen molar-refractivity contribution in [3.63, 3.8) is 0 Å². The van der Waals surface area contributed by atoms with Crippen molar-refractivity contribution >= 4 is 10.8 Å². The van der Waals surface area contributed by atoms with Crippen LogP contribution in [-0.4, -0.2) is 13.2 Å². The number of benzene rings is 2. The van der Waals surface area contributed by atoms with Gasteiger partial charge in [-0.15, -0.1) is 0 Å². The van der Waals surface area contributed by atoms with Crippen LogP contribution in [0.1, 0.15) is 38.2 Å². The van der Waals surface area contributed by atoms with Crippen molar-refractivity contribution in [2.75, 3.05) is 13.2 Å². The van der Waals surface area contributed by atoms with E-state index in [0.717, 1.165) is 37.8 Å². The van der Waals surface area contributed by atoms with E-state index >= 15 is 0 Å². The predicted octanol–water partition coefficient (Wildman–Crippen LogP) is 4.52. The van der Waals surface area contributed by atoms with Gasteiger partial charge in [0.1, 0.15) is 5.75 Å². The average Bonchev–Trinajstić information content (AvgIpc) is 2.47. The molecule has 112 valence electrons. The van der Waals surface area contributed by atoms with Gasteiger partial charge < -0.3 is 10.1 Å². The van der Waals surface area contributed by atoms with Crippen LogP contribution in [0.4, 0.5) is 0 Å². The van der Waals surface area contributed by atoms with Gasteiger partial charge in [-0.3, -0.25) is 0 Å². The zero-order valence-corrected chi connectivity index (χ0v) is 12.9. The summed E-state index contributed by atoms with van der Waals surface area (Å²) in [4.78, 5) is 0. The van der Waals surface area contributed by atoms with Gasteiger partial charge in [0.15, 0.2) is 0 Å². The molecule has 2 aromatic rings. The van der Waals surface area contributed by atoms with Gasteiger partial charge in [0.05, 0.1) is 6.61 Å². The Bertz CT molecular complexity index is 589. The number of hydrogen-bond donors (Lipinski definition) is 1. The first-order valence-corrected chi connectivity index (χ1v) is 8.22. The first kappa shape index (κ1) is 14.4. The van der Waals surface area contributed by atoms with Crippen LogP contribution in [0.2, 0.25) is 0 Å². The van der Waals surface area contributed by atoms with Gasteiger partial charge in [0.25, 0.3) is 0 Å². The molecule has 2 nitrogen and oxygen atoms in total. The van der Waals surface area contributed by atoms with Crippen molar-refractivity contribution in [1.82, 2.24) is 5.32 Å². The lowest BCUT2D eigenvalue weighted by Gasteiger charge is -2.26. The van der Waals surface area contributed by atoms with Crippen molar-refractivity contribution in [3.8, 4) is 5.75 Å².